The molecule has 1 N–H and O–H groups in total. The van der Waals surface area contributed by atoms with Gasteiger partial charge in [-0.15, -0.1) is 0 Å². The van der Waals surface area contributed by atoms with E-state index in [-0.39, 0.29) is 6.67 Å². The molecule has 0 bridgehead atoms. The van der Waals surface area contributed by atoms with Gasteiger partial charge in [0.05, 0.1) is 5.82 Å². The fourth-order valence-electron chi connectivity index (χ4n) is 1.21. The van der Waals surface area contributed by atoms with E-state index in [1.165, 1.54) is 0 Å². The highest BCUT2D eigenvalue weighted by Crippen LogP contribution is 2.08. The first-order valence-corrected chi connectivity index (χ1v) is 5.80. The van der Waals surface area contributed by atoms with Crippen LogP contribution in [0.5, 0.6) is 0 Å². The first-order chi connectivity index (χ1) is 7.42. The summed E-state index contributed by atoms with van der Waals surface area (Å²) in [6.07, 6.45) is 1.05. The molecule has 0 aromatic rings. The molecule has 1 unspecified atom stereocenters. The van der Waals surface area contributed by atoms with Crippen LogP contribution in [0.25, 0.3) is 0 Å². The molecule has 0 aliphatic rings. The van der Waals surface area contributed by atoms with Gasteiger partial charge in [-0.3, -0.25) is 0 Å². The van der Waals surface area contributed by atoms with Gasteiger partial charge in [0.15, 0.2) is 0 Å². The molecule has 0 amide bonds. The predicted octanol–water partition coefficient (Wildman–Crippen LogP) is 3.08. The fraction of sp³-hybridized carbons (Fsp3) is 0.692. The van der Waals surface area contributed by atoms with E-state index in [9.17, 15) is 4.39 Å². The molecule has 0 fully saturated rings. The van der Waals surface area contributed by atoms with Gasteiger partial charge in [0.1, 0.15) is 6.67 Å². The number of alkyl halides is 1. The lowest BCUT2D eigenvalue weighted by molar-refractivity contribution is 0.378. The van der Waals surface area contributed by atoms with E-state index in [0.29, 0.717) is 12.6 Å². The first kappa shape index (κ1) is 15.0. The summed E-state index contributed by atoms with van der Waals surface area (Å²) in [7, 11) is 1.93. The number of nitrogens with one attached hydrogen (secondary N) is 1. The number of allylic oxidation sites excluding steroid dienone is 1. The molecule has 0 saturated heterocycles. The van der Waals surface area contributed by atoms with Crippen molar-refractivity contribution in [1.82, 2.24) is 10.2 Å². The van der Waals surface area contributed by atoms with Gasteiger partial charge in [-0.1, -0.05) is 19.1 Å². The molecular formula is C13H25FN2. The normalized spacial score (nSPS) is 11.9. The van der Waals surface area contributed by atoms with E-state index in [0.717, 1.165) is 23.4 Å². The van der Waals surface area contributed by atoms with Gasteiger partial charge >= 0.3 is 0 Å². The lowest BCUT2D eigenvalue weighted by atomic mass is 10.1. The molecule has 0 spiro atoms. The summed E-state index contributed by atoms with van der Waals surface area (Å²) >= 11 is 0. The maximum absolute atomic E-state index is 12.7. The minimum Gasteiger partial charge on any atom is -0.370 e. The standard InChI is InChI=1S/C13H25FN2/c1-7-11(4)15-12(5)16(6)9-13(8-14)10(2)3/h11,15H,5,7-9H2,1-4,6H3. The second kappa shape index (κ2) is 7.31. The molecule has 3 heteroatoms. The molecule has 0 aromatic carbocycles. The minimum atomic E-state index is -0.386. The van der Waals surface area contributed by atoms with Gasteiger partial charge in [0, 0.05) is 19.6 Å². The van der Waals surface area contributed by atoms with Gasteiger partial charge in [-0.05, 0) is 32.8 Å². The summed E-state index contributed by atoms with van der Waals surface area (Å²) in [4.78, 5) is 1.95. The Morgan fingerprint density at radius 3 is 2.38 bits per heavy atom. The molecule has 2 nitrogen and oxygen atoms in total. The summed E-state index contributed by atoms with van der Waals surface area (Å²) in [5.74, 6) is 0.849. The van der Waals surface area contributed by atoms with Crippen LogP contribution in [0.4, 0.5) is 4.39 Å². The molecule has 94 valence electrons. The summed E-state index contributed by atoms with van der Waals surface area (Å²) in [5.41, 5.74) is 1.88. The first-order valence-electron chi connectivity index (χ1n) is 5.80. The Morgan fingerprint density at radius 1 is 1.44 bits per heavy atom. The average Bonchev–Trinajstić information content (AvgIpc) is 2.24. The van der Waals surface area contributed by atoms with E-state index in [1.807, 2.05) is 25.8 Å². The molecule has 0 radical (unpaired) electrons. The van der Waals surface area contributed by atoms with Crippen molar-refractivity contribution < 1.29 is 4.39 Å². The van der Waals surface area contributed by atoms with Crippen molar-refractivity contribution in [3.05, 3.63) is 23.5 Å². The van der Waals surface area contributed by atoms with Gasteiger partial charge in [0.2, 0.25) is 0 Å². The van der Waals surface area contributed by atoms with Crippen molar-refractivity contribution in [3.63, 3.8) is 0 Å². The van der Waals surface area contributed by atoms with E-state index >= 15 is 0 Å². The molecular weight excluding hydrogens is 203 g/mol. The Hall–Kier alpha value is -0.990. The molecule has 0 aromatic heterocycles. The number of hydrogen-bond donors (Lipinski definition) is 1. The third-order valence-corrected chi connectivity index (χ3v) is 2.78. The largest absolute Gasteiger partial charge is 0.370 e. The van der Waals surface area contributed by atoms with Crippen LogP contribution in [0.1, 0.15) is 34.1 Å². The molecule has 0 rings (SSSR count). The SMILES string of the molecule is C=C(NC(C)CC)N(C)CC(CF)=C(C)C. The van der Waals surface area contributed by atoms with Crippen LogP contribution in [0.3, 0.4) is 0 Å². The van der Waals surface area contributed by atoms with Crippen molar-refractivity contribution in [1.29, 1.82) is 0 Å². The maximum Gasteiger partial charge on any atom is 0.112 e. The summed E-state index contributed by atoms with van der Waals surface area (Å²) in [6, 6.07) is 0.399. The maximum atomic E-state index is 12.7. The molecule has 1 atom stereocenters. The number of halogens is 1. The third kappa shape index (κ3) is 5.19. The summed E-state index contributed by atoms with van der Waals surface area (Å²) in [5, 5.41) is 3.28. The van der Waals surface area contributed by atoms with Gasteiger partial charge in [0.25, 0.3) is 0 Å². The molecule has 0 aliphatic heterocycles. The summed E-state index contributed by atoms with van der Waals surface area (Å²) in [6.45, 7) is 12.3. The van der Waals surface area contributed by atoms with Crippen molar-refractivity contribution in [2.24, 2.45) is 0 Å². The monoisotopic (exact) mass is 228 g/mol. The Balaban J connectivity index is 4.30. The second-order valence-corrected chi connectivity index (χ2v) is 4.49. The van der Waals surface area contributed by atoms with Gasteiger partial charge < -0.3 is 10.2 Å². The predicted molar refractivity (Wildman–Crippen MR) is 69.0 cm³/mol. The molecule has 0 saturated carbocycles. The van der Waals surface area contributed by atoms with Crippen LogP contribution < -0.4 is 5.32 Å². The smallest absolute Gasteiger partial charge is 0.112 e. The van der Waals surface area contributed by atoms with Crippen molar-refractivity contribution in [3.8, 4) is 0 Å². The Kier molecular flexibility index (Phi) is 6.86. The Labute approximate surface area is 99.2 Å². The van der Waals surface area contributed by atoms with Crippen LogP contribution in [0.15, 0.2) is 23.5 Å². The van der Waals surface area contributed by atoms with Crippen molar-refractivity contribution >= 4 is 0 Å². The van der Waals surface area contributed by atoms with Crippen molar-refractivity contribution in [2.75, 3.05) is 20.3 Å². The lowest BCUT2D eigenvalue weighted by Gasteiger charge is -2.26. The number of hydrogen-bond acceptors (Lipinski definition) is 2. The summed E-state index contributed by atoms with van der Waals surface area (Å²) < 4.78 is 12.7. The van der Waals surface area contributed by atoms with Crippen LogP contribution in [0.2, 0.25) is 0 Å². The highest BCUT2D eigenvalue weighted by Gasteiger charge is 2.08. The number of rotatable bonds is 7. The zero-order valence-corrected chi connectivity index (χ0v) is 11.2. The molecule has 0 aliphatic carbocycles. The zero-order chi connectivity index (χ0) is 12.7. The lowest BCUT2D eigenvalue weighted by Crippen LogP contribution is -2.34. The van der Waals surface area contributed by atoms with Gasteiger partial charge in [-0.2, -0.15) is 0 Å². The molecule has 16 heavy (non-hydrogen) atoms. The van der Waals surface area contributed by atoms with E-state index < -0.39 is 0 Å². The minimum absolute atomic E-state index is 0.386. The van der Waals surface area contributed by atoms with E-state index in [4.69, 9.17) is 0 Å². The van der Waals surface area contributed by atoms with Gasteiger partial charge in [-0.25, -0.2) is 4.39 Å². The zero-order valence-electron chi connectivity index (χ0n) is 11.2. The number of likely N-dealkylation sites (N-methyl/N-ethyl adjacent to an activating group) is 1. The van der Waals surface area contributed by atoms with Crippen LogP contribution in [-0.2, 0) is 0 Å². The van der Waals surface area contributed by atoms with Crippen LogP contribution >= 0.6 is 0 Å². The fourth-order valence-corrected chi connectivity index (χ4v) is 1.21. The second-order valence-electron chi connectivity index (χ2n) is 4.49. The van der Waals surface area contributed by atoms with Crippen LogP contribution in [-0.4, -0.2) is 31.2 Å². The Morgan fingerprint density at radius 2 is 2.00 bits per heavy atom. The number of nitrogens with zero attached hydrogens (tertiary/aromatic N) is 1. The highest BCUT2D eigenvalue weighted by atomic mass is 19.1. The molecule has 0 heterocycles. The quantitative estimate of drug-likeness (QED) is 0.674. The van der Waals surface area contributed by atoms with E-state index in [1.54, 1.807) is 0 Å². The van der Waals surface area contributed by atoms with E-state index in [2.05, 4.69) is 25.7 Å². The average molecular weight is 228 g/mol. The van der Waals surface area contributed by atoms with Crippen molar-refractivity contribution in [2.45, 2.75) is 40.2 Å². The van der Waals surface area contributed by atoms with Crippen LogP contribution in [0, 0.1) is 0 Å². The third-order valence-electron chi connectivity index (χ3n) is 2.78. The Bertz CT molecular complexity index is 255. The highest BCUT2D eigenvalue weighted by molar-refractivity contribution is 5.13. The topological polar surface area (TPSA) is 15.3 Å².